The van der Waals surface area contributed by atoms with Crippen molar-refractivity contribution in [3.8, 4) is 0 Å². The number of nitrogen functional groups attached to an aromatic ring is 1. The van der Waals surface area contributed by atoms with E-state index in [-0.39, 0.29) is 0 Å². The van der Waals surface area contributed by atoms with Crippen LogP contribution >= 0.6 is 15.9 Å². The monoisotopic (exact) mass is 282 g/mol. The third-order valence-corrected chi connectivity index (χ3v) is 4.05. The van der Waals surface area contributed by atoms with Crippen molar-refractivity contribution in [1.29, 1.82) is 0 Å². The molecule has 0 bridgehead atoms. The lowest BCUT2D eigenvalue weighted by molar-refractivity contribution is 0.461. The van der Waals surface area contributed by atoms with Gasteiger partial charge in [0.2, 0.25) is 0 Å². The molecule has 0 saturated heterocycles. The maximum Gasteiger partial charge on any atom is 0.0318 e. The third kappa shape index (κ3) is 3.22. The number of hydrogen-bond acceptors (Lipinski definition) is 2. The van der Waals surface area contributed by atoms with Gasteiger partial charge in [-0.3, -0.25) is 0 Å². The minimum atomic E-state index is 0.805. The predicted octanol–water partition coefficient (Wildman–Crippen LogP) is 3.17. The van der Waals surface area contributed by atoms with E-state index in [9.17, 15) is 0 Å². The van der Waals surface area contributed by atoms with E-state index in [0.29, 0.717) is 0 Å². The Hall–Kier alpha value is -0.540. The summed E-state index contributed by atoms with van der Waals surface area (Å²) < 4.78 is 1.13. The summed E-state index contributed by atoms with van der Waals surface area (Å²) >= 11 is 3.54. The second-order valence-corrected chi connectivity index (χ2v) is 5.65. The lowest BCUT2D eigenvalue weighted by Crippen LogP contribution is -2.22. The highest BCUT2D eigenvalue weighted by Crippen LogP contribution is 2.36. The average molecular weight is 283 g/mol. The van der Waals surface area contributed by atoms with E-state index in [4.69, 9.17) is 5.73 Å². The van der Waals surface area contributed by atoms with Crippen LogP contribution in [-0.2, 0) is 6.54 Å². The van der Waals surface area contributed by atoms with E-state index in [1.165, 1.54) is 18.4 Å². The molecule has 1 saturated carbocycles. The smallest absolute Gasteiger partial charge is 0.0318 e. The summed E-state index contributed by atoms with van der Waals surface area (Å²) in [6, 6.07) is 5.95. The average Bonchev–Trinajstić information content (AvgIpc) is 3.06. The van der Waals surface area contributed by atoms with Crippen molar-refractivity contribution in [2.75, 3.05) is 12.3 Å². The molecule has 16 heavy (non-hydrogen) atoms. The van der Waals surface area contributed by atoms with Gasteiger partial charge in [0.1, 0.15) is 0 Å². The highest BCUT2D eigenvalue weighted by molar-refractivity contribution is 9.10. The molecule has 1 fully saturated rings. The summed E-state index contributed by atoms with van der Waals surface area (Å²) in [6.07, 6.45) is 2.84. The van der Waals surface area contributed by atoms with Gasteiger partial charge in [-0.15, -0.1) is 0 Å². The van der Waals surface area contributed by atoms with Crippen LogP contribution in [0.4, 0.5) is 5.69 Å². The molecule has 3 N–H and O–H groups in total. The standard InChI is InChI=1S/C13H19BrN2/c1-9(10-2-3-10)7-16-8-11-6-12(15)4-5-13(11)14/h4-6,9-10,16H,2-3,7-8,15H2,1H3. The van der Waals surface area contributed by atoms with E-state index < -0.39 is 0 Å². The minimum Gasteiger partial charge on any atom is -0.399 e. The minimum absolute atomic E-state index is 0.805. The first kappa shape index (κ1) is 11.9. The van der Waals surface area contributed by atoms with Crippen LogP contribution in [0.2, 0.25) is 0 Å². The lowest BCUT2D eigenvalue weighted by Gasteiger charge is -2.12. The number of benzene rings is 1. The second kappa shape index (κ2) is 5.19. The first-order chi connectivity index (χ1) is 7.66. The van der Waals surface area contributed by atoms with Gasteiger partial charge in [-0.05, 0) is 55.0 Å². The Bertz CT molecular complexity index is 361. The van der Waals surface area contributed by atoms with Gasteiger partial charge in [-0.1, -0.05) is 22.9 Å². The van der Waals surface area contributed by atoms with Crippen molar-refractivity contribution >= 4 is 21.6 Å². The summed E-state index contributed by atoms with van der Waals surface area (Å²) in [5.74, 6) is 1.77. The normalized spacial score (nSPS) is 17.4. The molecular formula is C13H19BrN2. The van der Waals surface area contributed by atoms with Gasteiger partial charge in [0.15, 0.2) is 0 Å². The van der Waals surface area contributed by atoms with Crippen molar-refractivity contribution in [3.05, 3.63) is 28.2 Å². The van der Waals surface area contributed by atoms with E-state index >= 15 is 0 Å². The van der Waals surface area contributed by atoms with Crippen LogP contribution in [0, 0.1) is 11.8 Å². The quantitative estimate of drug-likeness (QED) is 0.815. The van der Waals surface area contributed by atoms with E-state index in [1.54, 1.807) is 0 Å². The molecule has 1 aliphatic rings. The Kier molecular flexibility index (Phi) is 3.87. The highest BCUT2D eigenvalue weighted by atomic mass is 79.9. The zero-order valence-electron chi connectivity index (χ0n) is 9.67. The fraction of sp³-hybridized carbons (Fsp3) is 0.538. The van der Waals surface area contributed by atoms with E-state index in [1.807, 2.05) is 18.2 Å². The molecule has 2 nitrogen and oxygen atoms in total. The first-order valence-corrected chi connectivity index (χ1v) is 6.70. The van der Waals surface area contributed by atoms with Crippen LogP contribution in [0.15, 0.2) is 22.7 Å². The van der Waals surface area contributed by atoms with Gasteiger partial charge in [0, 0.05) is 16.7 Å². The van der Waals surface area contributed by atoms with E-state index in [2.05, 4.69) is 28.2 Å². The Morgan fingerprint density at radius 2 is 2.25 bits per heavy atom. The van der Waals surface area contributed by atoms with Gasteiger partial charge in [0.25, 0.3) is 0 Å². The molecule has 0 aliphatic heterocycles. The lowest BCUT2D eigenvalue weighted by atomic mass is 10.1. The Morgan fingerprint density at radius 3 is 2.94 bits per heavy atom. The zero-order chi connectivity index (χ0) is 11.5. The zero-order valence-corrected chi connectivity index (χ0v) is 11.3. The molecule has 88 valence electrons. The molecule has 0 heterocycles. The summed E-state index contributed by atoms with van der Waals surface area (Å²) in [5.41, 5.74) is 7.84. The number of halogens is 1. The largest absolute Gasteiger partial charge is 0.399 e. The van der Waals surface area contributed by atoms with Crippen molar-refractivity contribution in [2.24, 2.45) is 11.8 Å². The third-order valence-electron chi connectivity index (χ3n) is 3.28. The SMILES string of the molecule is CC(CNCc1cc(N)ccc1Br)C1CC1. The van der Waals surface area contributed by atoms with Gasteiger partial charge in [0.05, 0.1) is 0 Å². The summed E-state index contributed by atoms with van der Waals surface area (Å²) in [6.45, 7) is 4.33. The molecule has 0 radical (unpaired) electrons. The maximum absolute atomic E-state index is 5.77. The summed E-state index contributed by atoms with van der Waals surface area (Å²) in [7, 11) is 0. The fourth-order valence-electron chi connectivity index (χ4n) is 2.00. The summed E-state index contributed by atoms with van der Waals surface area (Å²) in [5, 5.41) is 3.51. The molecule has 1 unspecified atom stereocenters. The van der Waals surface area contributed by atoms with Crippen LogP contribution in [0.25, 0.3) is 0 Å². The number of rotatable bonds is 5. The van der Waals surface area contributed by atoms with Crippen LogP contribution in [0.1, 0.15) is 25.3 Å². The molecule has 0 spiro atoms. The molecule has 0 amide bonds. The fourth-order valence-corrected chi connectivity index (χ4v) is 2.38. The molecule has 0 aromatic heterocycles. The Labute approximate surface area is 106 Å². The second-order valence-electron chi connectivity index (χ2n) is 4.80. The van der Waals surface area contributed by atoms with Crippen LogP contribution < -0.4 is 11.1 Å². The van der Waals surface area contributed by atoms with Crippen molar-refractivity contribution < 1.29 is 0 Å². The molecule has 1 atom stereocenters. The summed E-state index contributed by atoms with van der Waals surface area (Å²) in [4.78, 5) is 0. The van der Waals surface area contributed by atoms with Crippen LogP contribution in [0.5, 0.6) is 0 Å². The number of nitrogens with one attached hydrogen (secondary N) is 1. The maximum atomic E-state index is 5.77. The van der Waals surface area contributed by atoms with Crippen molar-refractivity contribution in [2.45, 2.75) is 26.3 Å². The van der Waals surface area contributed by atoms with Gasteiger partial charge in [-0.2, -0.15) is 0 Å². The Balaban J connectivity index is 1.81. The van der Waals surface area contributed by atoms with Crippen LogP contribution in [-0.4, -0.2) is 6.54 Å². The van der Waals surface area contributed by atoms with Crippen molar-refractivity contribution in [3.63, 3.8) is 0 Å². The van der Waals surface area contributed by atoms with Crippen LogP contribution in [0.3, 0.4) is 0 Å². The molecule has 1 aromatic carbocycles. The van der Waals surface area contributed by atoms with E-state index in [0.717, 1.165) is 35.1 Å². The Morgan fingerprint density at radius 1 is 1.50 bits per heavy atom. The molecular weight excluding hydrogens is 264 g/mol. The first-order valence-electron chi connectivity index (χ1n) is 5.91. The number of nitrogens with two attached hydrogens (primary N) is 1. The van der Waals surface area contributed by atoms with Gasteiger partial charge in [-0.25, -0.2) is 0 Å². The number of anilines is 1. The van der Waals surface area contributed by atoms with Crippen molar-refractivity contribution in [1.82, 2.24) is 5.32 Å². The molecule has 3 heteroatoms. The number of hydrogen-bond donors (Lipinski definition) is 2. The highest BCUT2D eigenvalue weighted by Gasteiger charge is 2.27. The predicted molar refractivity (Wildman–Crippen MR) is 72.1 cm³/mol. The van der Waals surface area contributed by atoms with Gasteiger partial charge < -0.3 is 11.1 Å². The topological polar surface area (TPSA) is 38.0 Å². The molecule has 2 rings (SSSR count). The molecule has 1 aromatic rings. The molecule has 1 aliphatic carbocycles. The van der Waals surface area contributed by atoms with Gasteiger partial charge >= 0.3 is 0 Å².